The van der Waals surface area contributed by atoms with Crippen molar-refractivity contribution < 1.29 is 50.8 Å². The minimum absolute atomic E-state index is 0.0285. The Kier molecular flexibility index (Phi) is 16.9. The fourth-order valence-electron chi connectivity index (χ4n) is 8.21. The first-order valence-electron chi connectivity index (χ1n) is 22.3. The van der Waals surface area contributed by atoms with Gasteiger partial charge in [-0.05, 0) is 104 Å². The number of nitrogens with zero attached hydrogens (tertiary/aromatic N) is 6. The second-order valence-corrected chi connectivity index (χ2v) is 22.8. The van der Waals surface area contributed by atoms with Crippen LogP contribution in [0.5, 0.6) is 17.2 Å². The topological polar surface area (TPSA) is 266 Å². The molecular formula is C49H58ClN9O11S2. The molecular weight excluding hydrogens is 990 g/mol. The number of methoxy groups -OCH3 is 3. The number of tetrazole rings is 1. The lowest BCUT2D eigenvalue weighted by Crippen LogP contribution is -2.67. The molecule has 4 aromatic carbocycles. The Bertz CT molecular complexity index is 3010. The molecule has 6 aromatic rings. The number of sulfonamides is 2. The smallest absolute Gasteiger partial charge is 0.404 e. The number of aromatic nitrogens is 5. The molecule has 23 heteroatoms. The number of rotatable bonds is 20. The highest BCUT2D eigenvalue weighted by molar-refractivity contribution is 7.92. The van der Waals surface area contributed by atoms with Crippen LogP contribution in [0.25, 0.3) is 22.5 Å². The molecule has 2 unspecified atom stereocenters. The molecule has 0 aliphatic carbocycles. The van der Waals surface area contributed by atoms with E-state index in [4.69, 9.17) is 25.8 Å². The molecule has 0 radical (unpaired) electrons. The number of pyridine rings is 1. The van der Waals surface area contributed by atoms with E-state index in [-0.39, 0.29) is 41.7 Å². The Labute approximate surface area is 423 Å². The molecule has 0 aliphatic rings. The predicted molar refractivity (Wildman–Crippen MR) is 269 cm³/mol. The van der Waals surface area contributed by atoms with Crippen LogP contribution in [0.15, 0.2) is 113 Å². The van der Waals surface area contributed by atoms with Crippen LogP contribution in [0.2, 0.25) is 5.15 Å². The number of hydrogen-bond acceptors (Lipinski definition) is 13. The van der Waals surface area contributed by atoms with E-state index in [9.17, 15) is 19.8 Å². The van der Waals surface area contributed by atoms with E-state index in [0.717, 1.165) is 10.4 Å². The average molecular weight is 1050 g/mol. The average Bonchev–Trinajstić information content (AvgIpc) is 3.78. The summed E-state index contributed by atoms with van der Waals surface area (Å²) in [5.74, 6) is 1.40. The first-order valence-corrected chi connectivity index (χ1v) is 25.6. The van der Waals surface area contributed by atoms with Crippen molar-refractivity contribution in [3.63, 3.8) is 0 Å². The summed E-state index contributed by atoms with van der Waals surface area (Å²) in [5.41, 5.74) is -0.324. The molecule has 2 aromatic heterocycles. The Morgan fingerprint density at radius 2 is 1.18 bits per heavy atom. The van der Waals surface area contributed by atoms with Crippen molar-refractivity contribution in [3.05, 3.63) is 125 Å². The lowest BCUT2D eigenvalue weighted by Gasteiger charge is -2.45. The Morgan fingerprint density at radius 1 is 0.708 bits per heavy atom. The highest BCUT2D eigenvalue weighted by Crippen LogP contribution is 2.43. The zero-order chi connectivity index (χ0) is 52.8. The van der Waals surface area contributed by atoms with Gasteiger partial charge in [0.1, 0.15) is 32.2 Å². The molecule has 2 atom stereocenters. The largest absolute Gasteiger partial charge is 0.497 e. The summed E-state index contributed by atoms with van der Waals surface area (Å²) in [7, 11) is -5.89. The molecule has 0 aliphatic heterocycles. The van der Waals surface area contributed by atoms with Crippen LogP contribution in [0.4, 0.5) is 9.59 Å². The normalized spacial score (nSPS) is 13.5. The maximum atomic E-state index is 16.4. The number of benzene rings is 4. The first-order chi connectivity index (χ1) is 33.9. The highest BCUT2D eigenvalue weighted by atomic mass is 35.5. The van der Waals surface area contributed by atoms with Crippen molar-refractivity contribution in [1.29, 1.82) is 0 Å². The van der Waals surface area contributed by atoms with Crippen molar-refractivity contribution in [2.75, 3.05) is 21.3 Å². The molecule has 2 amide bonds. The lowest BCUT2D eigenvalue weighted by molar-refractivity contribution is 0.121. The predicted octanol–water partition coefficient (Wildman–Crippen LogP) is 7.53. The quantitative estimate of drug-likeness (QED) is 0.0463. The number of carboxylic acid groups (broad SMARTS) is 2. The van der Waals surface area contributed by atoms with Crippen LogP contribution < -0.4 is 29.6 Å². The second-order valence-electron chi connectivity index (χ2n) is 18.9. The molecule has 0 fully saturated rings. The third kappa shape index (κ3) is 13.0. The maximum absolute atomic E-state index is 16.4. The van der Waals surface area contributed by atoms with Gasteiger partial charge in [-0.25, -0.2) is 40.8 Å². The lowest BCUT2D eigenvalue weighted by atomic mass is 9.73. The van der Waals surface area contributed by atoms with Gasteiger partial charge >= 0.3 is 12.2 Å². The molecule has 0 bridgehead atoms. The van der Waals surface area contributed by atoms with Crippen molar-refractivity contribution in [3.8, 4) is 39.8 Å². The molecule has 0 spiro atoms. The van der Waals surface area contributed by atoms with Crippen molar-refractivity contribution >= 4 is 43.8 Å². The van der Waals surface area contributed by atoms with E-state index in [2.05, 4.69) is 35.9 Å². The fraction of sp³-hybridized carbons (Fsp3) is 0.347. The van der Waals surface area contributed by atoms with Gasteiger partial charge in [-0.2, -0.15) is 4.31 Å². The van der Waals surface area contributed by atoms with Crippen LogP contribution in [-0.2, 0) is 39.7 Å². The SMILES string of the molecule is COc1ccc(CN(Cc2ccc(OC)cc2)S(=O)(=O)c2c(S(=O)(=O)NC(C(NC(=O)O)C(C)(C)C)C(NC(=O)O)C(C)(C)C)ccc(-c3ccnc(Cl)c3)c2-c2nnnn2Cc2ccc(OC)cc2)cc1. The molecule has 0 saturated heterocycles. The summed E-state index contributed by atoms with van der Waals surface area (Å²) in [6, 6.07) is 21.6. The standard InChI is InChI=1S/C49H58ClN9O11S2/c1-48(2,3)43(52-46(60)61)41(44(49(4,5)6)53-47(62)63)55-71(64,65)38-23-22-37(33-24-25-51-39(50)26-33)40(45-54-56-57-59(45)29-32-14-20-36(70-9)21-15-32)42(38)72(66,67)58(27-30-10-16-34(68-7)17-11-30)28-31-12-18-35(69-8)19-13-31/h10-26,41,43-44,52-53,55H,27-29H2,1-9H3,(H,60,61)(H,62,63). The third-order valence-electron chi connectivity index (χ3n) is 11.8. The van der Waals surface area contributed by atoms with Crippen LogP contribution in [-0.4, -0.2) is 108 Å². The van der Waals surface area contributed by atoms with Crippen LogP contribution in [0, 0.1) is 10.8 Å². The van der Waals surface area contributed by atoms with E-state index in [1.807, 2.05) is 0 Å². The van der Waals surface area contributed by atoms with Crippen molar-refractivity contribution in [2.45, 2.75) is 89.1 Å². The summed E-state index contributed by atoms with van der Waals surface area (Å²) < 4.78 is 85.6. The summed E-state index contributed by atoms with van der Waals surface area (Å²) in [5, 5.41) is 37.9. The van der Waals surface area contributed by atoms with Gasteiger partial charge in [0, 0.05) is 19.3 Å². The number of ether oxygens (including phenoxy) is 3. The Balaban J connectivity index is 1.74. The van der Waals surface area contributed by atoms with E-state index in [1.165, 1.54) is 44.3 Å². The Morgan fingerprint density at radius 3 is 1.61 bits per heavy atom. The van der Waals surface area contributed by atoms with E-state index < -0.39 is 71.0 Å². The van der Waals surface area contributed by atoms with Gasteiger partial charge in [0.2, 0.25) is 20.0 Å². The number of halogens is 1. The van der Waals surface area contributed by atoms with Crippen LogP contribution in [0.1, 0.15) is 58.2 Å². The number of carbonyl (C=O) groups is 2. The molecule has 72 heavy (non-hydrogen) atoms. The molecule has 20 nitrogen and oxygen atoms in total. The van der Waals surface area contributed by atoms with Gasteiger partial charge in [-0.1, -0.05) is 95.6 Å². The molecule has 6 rings (SSSR count). The molecule has 2 heterocycles. The van der Waals surface area contributed by atoms with Gasteiger partial charge in [0.25, 0.3) is 0 Å². The van der Waals surface area contributed by atoms with Gasteiger partial charge in [-0.3, -0.25) is 0 Å². The summed E-state index contributed by atoms with van der Waals surface area (Å²) in [6.45, 7) is 9.25. The molecule has 5 N–H and O–H groups in total. The summed E-state index contributed by atoms with van der Waals surface area (Å²) in [6.07, 6.45) is -1.65. The maximum Gasteiger partial charge on any atom is 0.404 e. The summed E-state index contributed by atoms with van der Waals surface area (Å²) >= 11 is 6.49. The van der Waals surface area contributed by atoms with Crippen molar-refractivity contribution in [1.82, 2.24) is 44.9 Å². The van der Waals surface area contributed by atoms with Gasteiger partial charge in [0.05, 0.1) is 51.6 Å². The highest BCUT2D eigenvalue weighted by Gasteiger charge is 2.47. The number of hydrogen-bond donors (Lipinski definition) is 5. The number of amides is 2. The molecule has 384 valence electrons. The van der Waals surface area contributed by atoms with Crippen molar-refractivity contribution in [2.24, 2.45) is 10.8 Å². The second kappa shape index (κ2) is 22.3. The fourth-order valence-corrected chi connectivity index (χ4v) is 12.1. The van der Waals surface area contributed by atoms with E-state index in [1.54, 1.807) is 120 Å². The minimum Gasteiger partial charge on any atom is -0.497 e. The molecule has 0 saturated carbocycles. The minimum atomic E-state index is -5.24. The van der Waals surface area contributed by atoms with Gasteiger partial charge in [-0.15, -0.1) is 5.10 Å². The third-order valence-corrected chi connectivity index (χ3v) is 15.5. The van der Waals surface area contributed by atoms with E-state index in [0.29, 0.717) is 39.5 Å². The summed E-state index contributed by atoms with van der Waals surface area (Å²) in [4.78, 5) is 27.6. The number of nitrogens with one attached hydrogen (secondary N) is 3. The van der Waals surface area contributed by atoms with Crippen LogP contribution in [0.3, 0.4) is 0 Å². The Hall–Kier alpha value is -6.85. The monoisotopic (exact) mass is 1050 g/mol. The van der Waals surface area contributed by atoms with Crippen LogP contribution >= 0.6 is 11.6 Å². The zero-order valence-electron chi connectivity index (χ0n) is 41.1. The van der Waals surface area contributed by atoms with Gasteiger partial charge < -0.3 is 35.1 Å². The van der Waals surface area contributed by atoms with Gasteiger partial charge in [0.15, 0.2) is 5.82 Å². The first kappa shape index (κ1) is 54.5. The van der Waals surface area contributed by atoms with E-state index >= 15 is 16.8 Å². The zero-order valence-corrected chi connectivity index (χ0v) is 43.5.